The highest BCUT2D eigenvalue weighted by Gasteiger charge is 2.43. The Hall–Kier alpha value is -4.14. The molecule has 4 N–H and O–H groups in total. The average Bonchev–Trinajstić information content (AvgIpc) is 2.80. The number of pyridine rings is 1. The van der Waals surface area contributed by atoms with Crippen LogP contribution >= 0.6 is 0 Å². The van der Waals surface area contributed by atoms with Crippen LogP contribution in [0.25, 0.3) is 0 Å². The maximum atomic E-state index is 13.7. The Morgan fingerprint density at radius 2 is 1.92 bits per heavy atom. The quantitative estimate of drug-likeness (QED) is 0.526. The topological polar surface area (TPSA) is 133 Å². The molecule has 1 aromatic heterocycles. The van der Waals surface area contributed by atoms with Gasteiger partial charge in [0.15, 0.2) is 23.9 Å². The number of allylic oxidation sites excluding steroid dienone is 3. The number of dihydropyridines is 1. The van der Waals surface area contributed by atoms with Crippen molar-refractivity contribution in [2.45, 2.75) is 46.5 Å². The van der Waals surface area contributed by atoms with E-state index >= 15 is 0 Å². The molecule has 1 aliphatic heterocycles. The van der Waals surface area contributed by atoms with Gasteiger partial charge < -0.3 is 25.8 Å². The second-order valence-corrected chi connectivity index (χ2v) is 10.3. The van der Waals surface area contributed by atoms with Gasteiger partial charge in [-0.15, -0.1) is 0 Å². The maximum absolute atomic E-state index is 13.7. The van der Waals surface area contributed by atoms with Crippen molar-refractivity contribution in [3.63, 3.8) is 0 Å². The summed E-state index contributed by atoms with van der Waals surface area (Å²) in [4.78, 5) is 42.7. The number of anilines is 1. The molecule has 2 aliphatic rings. The smallest absolute Gasteiger partial charge is 0.255 e. The molecule has 0 fully saturated rings. The van der Waals surface area contributed by atoms with Crippen molar-refractivity contribution < 1.29 is 23.9 Å². The largest absolute Gasteiger partial charge is 0.493 e. The first-order valence-electron chi connectivity index (χ1n) is 12.1. The molecule has 37 heavy (non-hydrogen) atoms. The van der Waals surface area contributed by atoms with Crippen molar-refractivity contribution in [1.82, 2.24) is 10.3 Å². The third kappa shape index (κ3) is 5.50. The standard InChI is InChI=1S/C28H32N4O5/c1-15-8-9-30-23(10-15)32-27(35)24-16(2)31-18-12-28(3,4)13-19(33)26(18)25(24)17-6-7-20(21(11-17)36-5)37-14-22(29)34/h6-11,25,31H,12-14H2,1-5H3,(H2,29,34)(H,30,32,35). The molecule has 1 atom stereocenters. The minimum absolute atomic E-state index is 0.0109. The minimum atomic E-state index is -0.635. The van der Waals surface area contributed by atoms with E-state index in [-0.39, 0.29) is 23.7 Å². The molecule has 0 saturated carbocycles. The van der Waals surface area contributed by atoms with Crippen LogP contribution in [0.4, 0.5) is 5.82 Å². The van der Waals surface area contributed by atoms with Crippen LogP contribution in [0.5, 0.6) is 11.5 Å². The first kappa shape index (κ1) is 25.9. The molecule has 0 saturated heterocycles. The number of nitrogens with two attached hydrogens (primary N) is 1. The average molecular weight is 505 g/mol. The van der Waals surface area contributed by atoms with Crippen LogP contribution in [0.2, 0.25) is 0 Å². The number of hydrogen-bond acceptors (Lipinski definition) is 7. The van der Waals surface area contributed by atoms with Crippen LogP contribution in [-0.2, 0) is 14.4 Å². The second kappa shape index (κ2) is 10.1. The van der Waals surface area contributed by atoms with E-state index in [1.54, 1.807) is 30.5 Å². The Morgan fingerprint density at radius 1 is 1.16 bits per heavy atom. The fourth-order valence-corrected chi connectivity index (χ4v) is 4.99. The molecule has 9 nitrogen and oxygen atoms in total. The normalized spacial score (nSPS) is 18.6. The summed E-state index contributed by atoms with van der Waals surface area (Å²) < 4.78 is 11.0. The number of nitrogens with one attached hydrogen (secondary N) is 2. The second-order valence-electron chi connectivity index (χ2n) is 10.3. The lowest BCUT2D eigenvalue weighted by atomic mass is 9.68. The third-order valence-corrected chi connectivity index (χ3v) is 6.53. The van der Waals surface area contributed by atoms with E-state index in [9.17, 15) is 14.4 Å². The highest BCUT2D eigenvalue weighted by Crippen LogP contribution is 2.47. The van der Waals surface area contributed by atoms with Crippen LogP contribution in [0.1, 0.15) is 50.7 Å². The SMILES string of the molecule is COc1cc(C2C(C(=O)Nc3cc(C)ccn3)=C(C)NC3=C2C(=O)CC(C)(C)C3)ccc1OCC(N)=O. The van der Waals surface area contributed by atoms with E-state index in [1.165, 1.54) is 7.11 Å². The van der Waals surface area contributed by atoms with Gasteiger partial charge in [-0.05, 0) is 61.1 Å². The molecule has 0 radical (unpaired) electrons. The summed E-state index contributed by atoms with van der Waals surface area (Å²) in [5, 5.41) is 6.25. The number of amides is 2. The van der Waals surface area contributed by atoms with Crippen LogP contribution in [-0.4, -0.2) is 36.3 Å². The predicted molar refractivity (Wildman–Crippen MR) is 139 cm³/mol. The summed E-state index contributed by atoms with van der Waals surface area (Å²) in [6.45, 7) is 7.57. The van der Waals surface area contributed by atoms with Gasteiger partial charge in [0.2, 0.25) is 0 Å². The Balaban J connectivity index is 1.81. The van der Waals surface area contributed by atoms with Crippen molar-refractivity contribution in [3.05, 3.63) is 70.2 Å². The van der Waals surface area contributed by atoms with Crippen molar-refractivity contribution in [1.29, 1.82) is 0 Å². The Morgan fingerprint density at radius 3 is 2.59 bits per heavy atom. The molecule has 1 aliphatic carbocycles. The summed E-state index contributed by atoms with van der Waals surface area (Å²) in [5.74, 6) is -0.497. The lowest BCUT2D eigenvalue weighted by Gasteiger charge is -2.39. The summed E-state index contributed by atoms with van der Waals surface area (Å²) in [6.07, 6.45) is 2.67. The fourth-order valence-electron chi connectivity index (χ4n) is 4.99. The first-order valence-corrected chi connectivity index (χ1v) is 12.1. The van der Waals surface area contributed by atoms with Crippen LogP contribution < -0.4 is 25.8 Å². The van der Waals surface area contributed by atoms with Gasteiger partial charge in [0, 0.05) is 41.1 Å². The van der Waals surface area contributed by atoms with Gasteiger partial charge in [-0.2, -0.15) is 0 Å². The fraction of sp³-hybridized carbons (Fsp3) is 0.357. The number of methoxy groups -OCH3 is 1. The third-order valence-electron chi connectivity index (χ3n) is 6.53. The number of carbonyl (C=O) groups is 3. The van der Waals surface area contributed by atoms with E-state index in [0.29, 0.717) is 52.6 Å². The lowest BCUT2D eigenvalue weighted by Crippen LogP contribution is -2.39. The number of Topliss-reactive ketones (excluding diaryl/α,β-unsaturated/α-hetero) is 1. The highest BCUT2D eigenvalue weighted by atomic mass is 16.5. The molecule has 194 valence electrons. The molecule has 0 bridgehead atoms. The molecule has 4 rings (SSSR count). The Kier molecular flexibility index (Phi) is 7.07. The van der Waals surface area contributed by atoms with Gasteiger partial charge in [-0.3, -0.25) is 14.4 Å². The summed E-state index contributed by atoms with van der Waals surface area (Å²) in [5.41, 5.74) is 9.13. The lowest BCUT2D eigenvalue weighted by molar-refractivity contribution is -0.120. The van der Waals surface area contributed by atoms with Gasteiger partial charge >= 0.3 is 0 Å². The molecule has 2 heterocycles. The van der Waals surface area contributed by atoms with E-state index in [2.05, 4.69) is 29.5 Å². The van der Waals surface area contributed by atoms with Crippen LogP contribution in [0.3, 0.4) is 0 Å². The van der Waals surface area contributed by atoms with Crippen LogP contribution in [0, 0.1) is 12.3 Å². The maximum Gasteiger partial charge on any atom is 0.255 e. The van der Waals surface area contributed by atoms with Gasteiger partial charge in [0.1, 0.15) is 5.82 Å². The number of nitrogens with zero attached hydrogens (tertiary/aromatic N) is 1. The first-order chi connectivity index (χ1) is 17.5. The van der Waals surface area contributed by atoms with Crippen molar-refractivity contribution in [2.75, 3.05) is 19.0 Å². The molecule has 1 unspecified atom stereocenters. The van der Waals surface area contributed by atoms with E-state index in [4.69, 9.17) is 15.2 Å². The summed E-state index contributed by atoms with van der Waals surface area (Å²) in [7, 11) is 1.48. The predicted octanol–water partition coefficient (Wildman–Crippen LogP) is 3.51. The number of carbonyl (C=O) groups excluding carboxylic acids is 3. The molecular formula is C28H32N4O5. The number of ether oxygens (including phenoxy) is 2. The van der Waals surface area contributed by atoms with Gasteiger partial charge in [0.05, 0.1) is 7.11 Å². The number of benzene rings is 1. The minimum Gasteiger partial charge on any atom is -0.493 e. The number of aromatic nitrogens is 1. The van der Waals surface area contributed by atoms with E-state index in [0.717, 1.165) is 11.3 Å². The zero-order valence-corrected chi connectivity index (χ0v) is 21.7. The molecule has 9 heteroatoms. The Labute approximate surface area is 216 Å². The number of hydrogen-bond donors (Lipinski definition) is 3. The monoisotopic (exact) mass is 504 g/mol. The number of ketones is 1. The van der Waals surface area contributed by atoms with Gasteiger partial charge in [-0.25, -0.2) is 4.98 Å². The van der Waals surface area contributed by atoms with Gasteiger partial charge in [0.25, 0.3) is 11.8 Å². The van der Waals surface area contributed by atoms with Crippen LogP contribution in [0.15, 0.2) is 59.1 Å². The van der Waals surface area contributed by atoms with E-state index in [1.807, 2.05) is 19.9 Å². The zero-order chi connectivity index (χ0) is 26.9. The summed E-state index contributed by atoms with van der Waals surface area (Å²) >= 11 is 0. The van der Waals surface area contributed by atoms with Gasteiger partial charge in [-0.1, -0.05) is 19.9 Å². The molecule has 0 spiro atoms. The van der Waals surface area contributed by atoms with Crippen molar-refractivity contribution >= 4 is 23.4 Å². The van der Waals surface area contributed by atoms with E-state index < -0.39 is 11.8 Å². The Bertz CT molecular complexity index is 1340. The molecule has 2 aromatic rings. The summed E-state index contributed by atoms with van der Waals surface area (Å²) in [6, 6.07) is 8.79. The number of rotatable bonds is 7. The van der Waals surface area contributed by atoms with Crippen molar-refractivity contribution in [2.24, 2.45) is 11.1 Å². The number of aryl methyl sites for hydroxylation is 1. The molecule has 2 amide bonds. The molecular weight excluding hydrogens is 472 g/mol. The number of primary amides is 1. The molecule has 1 aromatic carbocycles. The zero-order valence-electron chi connectivity index (χ0n) is 21.7. The highest BCUT2D eigenvalue weighted by molar-refractivity contribution is 6.09. The van der Waals surface area contributed by atoms with Crippen molar-refractivity contribution in [3.8, 4) is 11.5 Å².